The van der Waals surface area contributed by atoms with Crippen LogP contribution in [0.3, 0.4) is 0 Å². The van der Waals surface area contributed by atoms with E-state index in [0.717, 1.165) is 35.2 Å². The first kappa shape index (κ1) is 75.2. The molecule has 3 aliphatic rings. The number of ether oxygens (including phenoxy) is 6. The van der Waals surface area contributed by atoms with Gasteiger partial charge in [0, 0.05) is 18.2 Å². The lowest BCUT2D eigenvalue weighted by Crippen LogP contribution is -2.42. The first-order chi connectivity index (χ1) is 48.2. The summed E-state index contributed by atoms with van der Waals surface area (Å²) in [7, 11) is -17.2. The smallest absolute Gasteiger partial charge is 0.455 e. The largest absolute Gasteiger partial charge is 0.490 e. The average Bonchev–Trinajstić information content (AvgIpc) is 1.61. The van der Waals surface area contributed by atoms with Crippen LogP contribution in [0.1, 0.15) is 74.0 Å². The zero-order valence-electron chi connectivity index (χ0n) is 54.0. The maximum absolute atomic E-state index is 13.7. The molecule has 3 unspecified atom stereocenters. The van der Waals surface area contributed by atoms with E-state index in [1.807, 2.05) is 0 Å². The summed E-state index contributed by atoms with van der Waals surface area (Å²) in [5.74, 6) is -5.32. The van der Waals surface area contributed by atoms with Crippen LogP contribution in [0.15, 0.2) is 95.6 Å². The van der Waals surface area contributed by atoms with Gasteiger partial charge in [0.2, 0.25) is 24.5 Å². The number of phosphoric ester groups is 2. The number of aromatic amines is 2. The predicted octanol–water partition coefficient (Wildman–Crippen LogP) is 1.64. The third-order valence-corrected chi connectivity index (χ3v) is 21.5. The lowest BCUT2D eigenvalue weighted by molar-refractivity contribution is -0.669. The highest BCUT2D eigenvalue weighted by Gasteiger charge is 2.55. The fourth-order valence-corrected chi connectivity index (χ4v) is 15.8. The number of H-pyrrole nitrogens is 2. The average molecular weight is 1530 g/mol. The molecule has 6 aromatic heterocycles. The van der Waals surface area contributed by atoms with Gasteiger partial charge in [-0.15, -0.1) is 0 Å². The van der Waals surface area contributed by atoms with E-state index in [4.69, 9.17) is 64.1 Å². The summed E-state index contributed by atoms with van der Waals surface area (Å²) in [6.07, 6.45) is -15.7. The Bertz CT molecular complexity index is 4800. The van der Waals surface area contributed by atoms with Gasteiger partial charge in [-0.1, -0.05) is 64.1 Å². The van der Waals surface area contributed by atoms with Gasteiger partial charge in [-0.05, 0) is 43.0 Å². The predicted molar refractivity (Wildman–Crippen MR) is 348 cm³/mol. The van der Waals surface area contributed by atoms with Crippen LogP contribution in [0, 0.1) is 11.8 Å². The molecule has 102 heavy (non-hydrogen) atoms. The van der Waals surface area contributed by atoms with Crippen LogP contribution in [0.25, 0.3) is 33.5 Å². The number of carbonyl (C=O) groups excluding carboxylic acids is 4. The fraction of sp³-hybridized carbons (Fsp3) is 0.436. The van der Waals surface area contributed by atoms with Crippen LogP contribution in [0.5, 0.6) is 0 Å². The number of anilines is 3. The molecule has 0 aliphatic carbocycles. The quantitative estimate of drug-likeness (QED) is 0.0189. The number of nitrogens with one attached hydrogen (secondary N) is 4. The van der Waals surface area contributed by atoms with Crippen molar-refractivity contribution >= 4 is 117 Å². The van der Waals surface area contributed by atoms with Crippen molar-refractivity contribution in [3.05, 3.63) is 118 Å². The topological polar surface area (TPSA) is 563 Å². The SMILES string of the molecule is CC[n+]1cn([C@@H]2O[C@H](COP(=O)(O)OP(=O)(O)OP(=O)(O)OC[C@H]3O[C@@H](n4cnc5c(NC(=O)c6ccccc6)ncnc54)[C@H](OC)[C@@H]3O[P@](O)(=S)OC[C@H]3O[C@@H](n4cnc5c(=O)[nH]c(NC(=O)c6ccccc6)nc54)[C@H](OC(=O)C(C)C)[C@@H]3OC(=O)C(C)C)[C@@H](O)[C@H]2O)c2nc(N)[nH]c(=O)c21. The third-order valence-electron chi connectivity index (χ3n) is 15.7. The number of amides is 2. The van der Waals surface area contributed by atoms with Crippen LogP contribution < -0.4 is 32.1 Å². The van der Waals surface area contributed by atoms with Gasteiger partial charge in [0.05, 0.1) is 50.9 Å². The van der Waals surface area contributed by atoms with E-state index in [-0.39, 0.29) is 68.9 Å². The molecule has 3 fully saturated rings. The minimum atomic E-state index is -6.30. The van der Waals surface area contributed by atoms with Gasteiger partial charge >= 0.3 is 47.7 Å². The number of benzene rings is 2. The highest BCUT2D eigenvalue weighted by Crippen LogP contribution is 2.68. The summed E-state index contributed by atoms with van der Waals surface area (Å²) < 4.78 is 112. The van der Waals surface area contributed by atoms with E-state index in [2.05, 4.69) is 59.1 Å². The number of methoxy groups -OCH3 is 1. The normalized spacial score (nSPS) is 25.3. The zero-order valence-corrected chi connectivity index (χ0v) is 58.4. The first-order valence-electron chi connectivity index (χ1n) is 30.5. The van der Waals surface area contributed by atoms with Crippen molar-refractivity contribution in [1.29, 1.82) is 0 Å². The minimum Gasteiger partial charge on any atom is -0.455 e. The molecule has 3 saturated heterocycles. The van der Waals surface area contributed by atoms with Crippen molar-refractivity contribution in [2.75, 3.05) is 43.3 Å². The molecule has 0 bridgehead atoms. The van der Waals surface area contributed by atoms with E-state index in [9.17, 15) is 72.2 Å². The monoisotopic (exact) mass is 1520 g/mol. The molecule has 548 valence electrons. The second-order valence-electron chi connectivity index (χ2n) is 23.3. The lowest BCUT2D eigenvalue weighted by Gasteiger charge is -2.28. The van der Waals surface area contributed by atoms with Gasteiger partial charge in [0.15, 0.2) is 52.8 Å². The van der Waals surface area contributed by atoms with E-state index < -0.39 is 170 Å². The highest BCUT2D eigenvalue weighted by atomic mass is 32.5. The summed E-state index contributed by atoms with van der Waals surface area (Å²) in [6, 6.07) is 15.9. The number of hydrogen-bond donors (Lipinski definition) is 11. The van der Waals surface area contributed by atoms with Crippen LogP contribution in [0.2, 0.25) is 0 Å². The number of nitrogens with two attached hydrogens (primary N) is 1. The second-order valence-corrected chi connectivity index (χ2v) is 30.8. The van der Waals surface area contributed by atoms with Crippen LogP contribution >= 0.6 is 30.2 Å². The van der Waals surface area contributed by atoms with E-state index in [1.165, 1.54) is 67.4 Å². The number of esters is 2. The first-order valence-corrected chi connectivity index (χ1v) is 37.6. The molecule has 9 heterocycles. The highest BCUT2D eigenvalue weighted by molar-refractivity contribution is 8.07. The van der Waals surface area contributed by atoms with Crippen molar-refractivity contribution in [3.63, 3.8) is 0 Å². The summed E-state index contributed by atoms with van der Waals surface area (Å²) >= 11 is 5.57. The van der Waals surface area contributed by atoms with Gasteiger partial charge in [0.1, 0.15) is 49.1 Å². The van der Waals surface area contributed by atoms with Crippen molar-refractivity contribution in [2.45, 2.75) is 115 Å². The second kappa shape index (κ2) is 30.4. The van der Waals surface area contributed by atoms with Crippen LogP contribution in [-0.2, 0) is 96.8 Å². The molecule has 0 saturated carbocycles. The Balaban J connectivity index is 0.837. The summed E-state index contributed by atoms with van der Waals surface area (Å²) in [5.41, 5.74) is 4.00. The lowest BCUT2D eigenvalue weighted by atomic mass is 10.1. The fourth-order valence-electron chi connectivity index (χ4n) is 10.9. The van der Waals surface area contributed by atoms with E-state index in [0.29, 0.717) is 0 Å². The Labute approximate surface area is 578 Å². The number of aromatic nitrogens is 12. The van der Waals surface area contributed by atoms with Crippen molar-refractivity contribution < 1.29 is 122 Å². The van der Waals surface area contributed by atoms with Gasteiger partial charge in [0.25, 0.3) is 28.5 Å². The molecule has 2 aromatic carbocycles. The molecule has 0 spiro atoms. The zero-order chi connectivity index (χ0) is 73.5. The Morgan fingerprint density at radius 3 is 1.77 bits per heavy atom. The number of nitrogens with zero attached hydrogens (tertiary/aromatic N) is 10. The van der Waals surface area contributed by atoms with Crippen molar-refractivity contribution in [3.8, 4) is 0 Å². The van der Waals surface area contributed by atoms with E-state index in [1.54, 1.807) is 43.3 Å². The van der Waals surface area contributed by atoms with Crippen LogP contribution in [0.4, 0.5) is 17.7 Å². The number of imidazole rings is 3. The maximum atomic E-state index is 13.7. The van der Waals surface area contributed by atoms with Crippen molar-refractivity contribution in [1.82, 2.24) is 53.6 Å². The van der Waals surface area contributed by atoms with Gasteiger partial charge < -0.3 is 73.8 Å². The molecule has 42 nitrogen and oxygen atoms in total. The number of carbonyl (C=O) groups is 4. The maximum Gasteiger partial charge on any atom is 0.490 e. The molecule has 11 rings (SSSR count). The Hall–Kier alpha value is -7.93. The van der Waals surface area contributed by atoms with Crippen molar-refractivity contribution in [2.24, 2.45) is 11.8 Å². The molecule has 47 heteroatoms. The summed E-state index contributed by atoms with van der Waals surface area (Å²) in [5, 5.41) is 27.1. The van der Waals surface area contributed by atoms with E-state index >= 15 is 0 Å². The molecule has 2 amide bonds. The molecule has 16 atom stereocenters. The number of phosphoric acid groups is 3. The minimum absolute atomic E-state index is 0.00211. The Morgan fingerprint density at radius 2 is 1.18 bits per heavy atom. The van der Waals surface area contributed by atoms with Gasteiger partial charge in [-0.3, -0.25) is 66.8 Å². The Kier molecular flexibility index (Phi) is 22.4. The number of aliphatic hydroxyl groups excluding tert-OH is 2. The third kappa shape index (κ3) is 16.5. The molecular formula is C55H66N15O27P4S+. The number of aryl methyl sites for hydroxylation is 1. The van der Waals surface area contributed by atoms with Crippen LogP contribution in [-0.4, -0.2) is 189 Å². The molecule has 8 aromatic rings. The number of rotatable bonds is 28. The number of fused-ring (bicyclic) bond motifs is 3. The number of hydrogen-bond acceptors (Lipinski definition) is 31. The Morgan fingerprint density at radius 1 is 0.637 bits per heavy atom. The summed E-state index contributed by atoms with van der Waals surface area (Å²) in [4.78, 5) is 155. The molecule has 12 N–H and O–H groups in total. The molecule has 0 radical (unpaired) electrons. The molecule has 3 aliphatic heterocycles. The number of nitrogen functional groups attached to an aromatic ring is 1. The summed E-state index contributed by atoms with van der Waals surface area (Å²) in [6.45, 7) is -0.360. The molecular weight excluding hydrogens is 1460 g/mol. The number of aliphatic hydroxyl groups is 2. The standard InChI is InChI=1S/C55H65N15O27P4S/c1-7-67-24-70(44-34(67)48(76)64-54(56)62-44)49-36(72)35(71)29(90-49)18-87-98(79,80)96-100(83,84)97-99(81,82)88-19-31-38(39(86-6)50(92-31)68-22-59-32-41(57-21-58-42(32)68)61-45(73)27-14-10-8-11-15-27)95-101(85,102)89-20-30-37(93-52(77)25(2)3)40(94-53(78)26(4)5)51(91-30)69-23-60-33-43(69)63-55(66-47(33)75)65-46(74)28-16-12-9-13-17-28/h8-17,21-26,29-31,35-40,49-51,71-72H,7,18-20H2,1-6H3,(H9-,56,57,58,61,62,63,64,65,66,73,74,75,76,79,80,81,82,83,84,85,102)/p+1/t29-,30-,31-,35-,36-,37-,38-,39-,40-,49-,50-,51-,101-/m1/s1. The van der Waals surface area contributed by atoms with Gasteiger partial charge in [-0.2, -0.15) is 23.2 Å². The van der Waals surface area contributed by atoms with Gasteiger partial charge in [-0.25, -0.2) is 38.2 Å².